The molecular weight excluding hydrogens is 373 g/mol. The van der Waals surface area contributed by atoms with Crippen LogP contribution in [0.4, 0.5) is 13.2 Å². The first-order valence-electron chi connectivity index (χ1n) is 10.0. The first kappa shape index (κ1) is 24.5. The van der Waals surface area contributed by atoms with E-state index in [2.05, 4.69) is 5.10 Å². The van der Waals surface area contributed by atoms with Crippen molar-refractivity contribution in [2.45, 2.75) is 90.3 Å². The average Bonchev–Trinajstić information content (AvgIpc) is 3.04. The number of rotatable bonds is 13. The molecule has 0 fully saturated rings. The van der Waals surface area contributed by atoms with Gasteiger partial charge in [0.1, 0.15) is 5.56 Å². The molecule has 162 valence electrons. The minimum absolute atomic E-state index is 0.109. The lowest BCUT2D eigenvalue weighted by molar-refractivity contribution is -0.135. The van der Waals surface area contributed by atoms with Crippen molar-refractivity contribution in [2.75, 3.05) is 13.2 Å². The van der Waals surface area contributed by atoms with Crippen LogP contribution < -0.4 is 0 Å². The first-order chi connectivity index (χ1) is 13.1. The zero-order chi connectivity index (χ0) is 21.2. The topological polar surface area (TPSA) is 64.3 Å². The molecule has 0 spiro atoms. The Hall–Kier alpha value is -1.57. The molecule has 1 aromatic rings. The van der Waals surface area contributed by atoms with E-state index in [0.29, 0.717) is 18.4 Å². The molecule has 0 aliphatic rings. The van der Waals surface area contributed by atoms with E-state index in [1.807, 2.05) is 13.8 Å². The van der Waals surface area contributed by atoms with Gasteiger partial charge in [-0.05, 0) is 40.0 Å². The highest BCUT2D eigenvalue weighted by molar-refractivity contribution is 5.90. The van der Waals surface area contributed by atoms with E-state index in [-0.39, 0.29) is 19.6 Å². The van der Waals surface area contributed by atoms with E-state index in [0.717, 1.165) is 37.8 Å². The molecule has 0 saturated carbocycles. The summed E-state index contributed by atoms with van der Waals surface area (Å²) < 4.78 is 43.1. The largest absolute Gasteiger partial charge is 0.462 e. The number of hydrogen-bond acceptors (Lipinski definition) is 4. The molecule has 0 aliphatic carbocycles. The second kappa shape index (κ2) is 11.4. The van der Waals surface area contributed by atoms with Crippen molar-refractivity contribution in [1.29, 1.82) is 0 Å². The van der Waals surface area contributed by atoms with Crippen molar-refractivity contribution in [3.05, 3.63) is 17.5 Å². The Balaban J connectivity index is 2.49. The zero-order valence-corrected chi connectivity index (χ0v) is 17.1. The van der Waals surface area contributed by atoms with Gasteiger partial charge in [-0.2, -0.15) is 18.3 Å². The van der Waals surface area contributed by atoms with Crippen molar-refractivity contribution in [3.63, 3.8) is 0 Å². The van der Waals surface area contributed by atoms with E-state index < -0.39 is 24.1 Å². The maximum Gasteiger partial charge on any atom is 0.389 e. The quantitative estimate of drug-likeness (QED) is 0.369. The van der Waals surface area contributed by atoms with Gasteiger partial charge in [-0.1, -0.05) is 32.1 Å². The summed E-state index contributed by atoms with van der Waals surface area (Å²) in [6.07, 6.45) is 2.58. The van der Waals surface area contributed by atoms with Crippen molar-refractivity contribution in [2.24, 2.45) is 0 Å². The molecule has 28 heavy (non-hydrogen) atoms. The number of carbonyl (C=O) groups excluding carboxylic acids is 1. The zero-order valence-electron chi connectivity index (χ0n) is 17.1. The van der Waals surface area contributed by atoms with Crippen molar-refractivity contribution in [1.82, 2.24) is 9.78 Å². The van der Waals surface area contributed by atoms with Gasteiger partial charge in [0.05, 0.1) is 30.6 Å². The number of carbonyl (C=O) groups is 1. The van der Waals surface area contributed by atoms with Crippen LogP contribution in [-0.2, 0) is 16.7 Å². The fourth-order valence-electron chi connectivity index (χ4n) is 3.08. The smallest absolute Gasteiger partial charge is 0.389 e. The molecule has 8 heteroatoms. The van der Waals surface area contributed by atoms with Crippen LogP contribution in [0.5, 0.6) is 0 Å². The summed E-state index contributed by atoms with van der Waals surface area (Å²) in [5, 5.41) is 13.9. The molecule has 0 bridgehead atoms. The van der Waals surface area contributed by atoms with E-state index >= 15 is 0 Å². The Morgan fingerprint density at radius 3 is 2.21 bits per heavy atom. The van der Waals surface area contributed by atoms with Crippen LogP contribution in [0.3, 0.4) is 0 Å². The molecular formula is C20H33F3N2O3. The van der Waals surface area contributed by atoms with Gasteiger partial charge in [-0.25, -0.2) is 4.79 Å². The molecule has 5 nitrogen and oxygen atoms in total. The highest BCUT2D eigenvalue weighted by Gasteiger charge is 2.27. The Morgan fingerprint density at radius 1 is 1.11 bits per heavy atom. The van der Waals surface area contributed by atoms with Gasteiger partial charge in [-0.15, -0.1) is 0 Å². The fraction of sp³-hybridized carbons (Fsp3) is 0.800. The van der Waals surface area contributed by atoms with Crippen LogP contribution in [0.2, 0.25) is 0 Å². The molecule has 0 radical (unpaired) electrons. The van der Waals surface area contributed by atoms with E-state index in [9.17, 15) is 23.1 Å². The molecule has 1 aromatic heterocycles. The molecule has 0 aliphatic heterocycles. The number of nitrogens with zero attached hydrogens (tertiary/aromatic N) is 2. The normalized spacial score (nSPS) is 12.4. The summed E-state index contributed by atoms with van der Waals surface area (Å²) in [4.78, 5) is 12.2. The minimum Gasteiger partial charge on any atom is -0.462 e. The van der Waals surface area contributed by atoms with Crippen molar-refractivity contribution >= 4 is 5.97 Å². The standard InChI is InChI=1S/C20H33F3N2O3/c1-4-28-18(27)16-14-24-25(19(2,3)15-26)17(16)12-10-8-6-5-7-9-11-13-20(21,22)23/h14,26H,4-13,15H2,1-3H3. The fourth-order valence-corrected chi connectivity index (χ4v) is 3.08. The van der Waals surface area contributed by atoms with Crippen LogP contribution >= 0.6 is 0 Å². The number of hydrogen-bond donors (Lipinski definition) is 1. The first-order valence-corrected chi connectivity index (χ1v) is 10.0. The summed E-state index contributed by atoms with van der Waals surface area (Å²) in [6.45, 7) is 5.61. The van der Waals surface area contributed by atoms with Gasteiger partial charge in [0.15, 0.2) is 0 Å². The van der Waals surface area contributed by atoms with Crippen LogP contribution in [0, 0.1) is 0 Å². The number of ether oxygens (including phenoxy) is 1. The van der Waals surface area contributed by atoms with Crippen LogP contribution in [0.15, 0.2) is 6.20 Å². The predicted octanol–water partition coefficient (Wildman–Crippen LogP) is 5.01. The maximum atomic E-state index is 12.2. The Kier molecular flexibility index (Phi) is 9.99. The number of aromatic nitrogens is 2. The molecule has 1 rings (SSSR count). The summed E-state index contributed by atoms with van der Waals surface area (Å²) in [7, 11) is 0. The number of aliphatic hydroxyl groups excluding tert-OH is 1. The highest BCUT2D eigenvalue weighted by Crippen LogP contribution is 2.24. The van der Waals surface area contributed by atoms with Crippen LogP contribution in [0.25, 0.3) is 0 Å². The third-order valence-electron chi connectivity index (χ3n) is 4.70. The number of esters is 1. The van der Waals surface area contributed by atoms with Crippen molar-refractivity contribution in [3.8, 4) is 0 Å². The van der Waals surface area contributed by atoms with E-state index in [4.69, 9.17) is 4.74 Å². The second-order valence-electron chi connectivity index (χ2n) is 7.70. The van der Waals surface area contributed by atoms with Crippen LogP contribution in [-0.4, -0.2) is 40.2 Å². The number of unbranched alkanes of at least 4 members (excludes halogenated alkanes) is 6. The second-order valence-corrected chi connectivity index (χ2v) is 7.70. The molecule has 1 heterocycles. The van der Waals surface area contributed by atoms with E-state index in [1.54, 1.807) is 11.6 Å². The van der Waals surface area contributed by atoms with Gasteiger partial charge in [0, 0.05) is 6.42 Å². The van der Waals surface area contributed by atoms with Gasteiger partial charge >= 0.3 is 12.1 Å². The minimum atomic E-state index is -4.05. The van der Waals surface area contributed by atoms with E-state index in [1.165, 1.54) is 6.20 Å². The highest BCUT2D eigenvalue weighted by atomic mass is 19.4. The third kappa shape index (κ3) is 8.20. The molecule has 0 unspecified atom stereocenters. The number of halogens is 3. The summed E-state index contributed by atoms with van der Waals surface area (Å²) in [6, 6.07) is 0. The SMILES string of the molecule is CCOC(=O)c1cnn(C(C)(C)CO)c1CCCCCCCCCC(F)(F)F. The molecule has 0 saturated heterocycles. The Bertz CT molecular complexity index is 598. The predicted molar refractivity (Wildman–Crippen MR) is 101 cm³/mol. The van der Waals surface area contributed by atoms with Gasteiger partial charge in [0.25, 0.3) is 0 Å². The Labute approximate surface area is 165 Å². The summed E-state index contributed by atoms with van der Waals surface area (Å²) in [5.41, 5.74) is 0.552. The monoisotopic (exact) mass is 406 g/mol. The van der Waals surface area contributed by atoms with Gasteiger partial charge in [0.2, 0.25) is 0 Å². The lowest BCUT2D eigenvalue weighted by Crippen LogP contribution is -2.33. The molecule has 1 N–H and O–H groups in total. The number of alkyl halides is 3. The average molecular weight is 406 g/mol. The van der Waals surface area contributed by atoms with Crippen molar-refractivity contribution < 1.29 is 27.8 Å². The Morgan fingerprint density at radius 2 is 1.68 bits per heavy atom. The molecule has 0 aromatic carbocycles. The van der Waals surface area contributed by atoms with Crippen LogP contribution in [0.1, 0.15) is 88.2 Å². The third-order valence-corrected chi connectivity index (χ3v) is 4.70. The maximum absolute atomic E-state index is 12.2. The van der Waals surface area contributed by atoms with Gasteiger partial charge < -0.3 is 9.84 Å². The lowest BCUT2D eigenvalue weighted by Gasteiger charge is -2.25. The molecule has 0 atom stereocenters. The number of aliphatic hydroxyl groups is 1. The summed E-state index contributed by atoms with van der Waals surface area (Å²) in [5.74, 6) is -0.415. The summed E-state index contributed by atoms with van der Waals surface area (Å²) >= 11 is 0. The lowest BCUT2D eigenvalue weighted by atomic mass is 10.0. The molecule has 0 amide bonds. The van der Waals surface area contributed by atoms with Gasteiger partial charge in [-0.3, -0.25) is 4.68 Å².